The van der Waals surface area contributed by atoms with Gasteiger partial charge in [-0.25, -0.2) is 8.78 Å². The fourth-order valence-electron chi connectivity index (χ4n) is 1.29. The number of halogens is 4. The Labute approximate surface area is 108 Å². The molecular formula is C11H17F4N3O. The van der Waals surface area contributed by atoms with Gasteiger partial charge in [-0.15, -0.1) is 10.2 Å². The van der Waals surface area contributed by atoms with Crippen molar-refractivity contribution in [3.8, 4) is 0 Å². The van der Waals surface area contributed by atoms with E-state index >= 15 is 0 Å². The van der Waals surface area contributed by atoms with Crippen LogP contribution in [0.2, 0.25) is 0 Å². The predicted molar refractivity (Wildman–Crippen MR) is 60.3 cm³/mol. The summed E-state index contributed by atoms with van der Waals surface area (Å²) in [5.41, 5.74) is -0.0529. The van der Waals surface area contributed by atoms with Crippen LogP contribution in [0.3, 0.4) is 0 Å². The maximum Gasteiger partial charge on any atom is 0.382 e. The van der Waals surface area contributed by atoms with Gasteiger partial charge in [0.25, 0.3) is 5.89 Å². The molecule has 0 amide bonds. The zero-order valence-corrected chi connectivity index (χ0v) is 11.0. The van der Waals surface area contributed by atoms with Crippen molar-refractivity contribution >= 4 is 0 Å². The van der Waals surface area contributed by atoms with E-state index in [9.17, 15) is 17.6 Å². The molecule has 8 heteroatoms. The molecule has 0 unspecified atom stereocenters. The van der Waals surface area contributed by atoms with Crippen molar-refractivity contribution in [2.75, 3.05) is 6.54 Å². The summed E-state index contributed by atoms with van der Waals surface area (Å²) in [6.07, 6.45) is -3.02. The standard InChI is InChI=1S/C11H17F4N3O/c1-10(2,3)16-6-4-5-7-17-18-9(19-7)11(14,15)8(12)13/h8,16H,4-6H2,1-3H3. The smallest absolute Gasteiger partial charge is 0.382 e. The lowest BCUT2D eigenvalue weighted by Crippen LogP contribution is -2.36. The predicted octanol–water partition coefficient (Wildman–Crippen LogP) is 2.75. The first-order valence-electron chi connectivity index (χ1n) is 5.87. The number of nitrogens with one attached hydrogen (secondary N) is 1. The van der Waals surface area contributed by atoms with E-state index in [4.69, 9.17) is 0 Å². The lowest BCUT2D eigenvalue weighted by molar-refractivity contribution is -0.151. The van der Waals surface area contributed by atoms with E-state index in [1.165, 1.54) is 0 Å². The molecule has 0 aliphatic heterocycles. The lowest BCUT2D eigenvalue weighted by atomic mass is 10.1. The summed E-state index contributed by atoms with van der Waals surface area (Å²) < 4.78 is 54.4. The summed E-state index contributed by atoms with van der Waals surface area (Å²) in [5.74, 6) is -5.79. The number of rotatable bonds is 6. The molecule has 1 aromatic rings. The highest BCUT2D eigenvalue weighted by Crippen LogP contribution is 2.33. The normalized spacial score (nSPS) is 13.3. The van der Waals surface area contributed by atoms with Gasteiger partial charge in [-0.05, 0) is 33.7 Å². The Balaban J connectivity index is 2.48. The van der Waals surface area contributed by atoms with E-state index in [-0.39, 0.29) is 17.9 Å². The number of hydrogen-bond donors (Lipinski definition) is 1. The molecule has 0 bridgehead atoms. The molecule has 0 saturated heterocycles. The molecule has 0 atom stereocenters. The van der Waals surface area contributed by atoms with Crippen LogP contribution in [0.5, 0.6) is 0 Å². The molecule has 4 nitrogen and oxygen atoms in total. The van der Waals surface area contributed by atoms with E-state index in [0.29, 0.717) is 13.0 Å². The quantitative estimate of drug-likeness (QED) is 0.644. The largest absolute Gasteiger partial charge is 0.419 e. The maximum atomic E-state index is 12.9. The third kappa shape index (κ3) is 4.77. The van der Waals surface area contributed by atoms with Crippen molar-refractivity contribution in [3.63, 3.8) is 0 Å². The van der Waals surface area contributed by atoms with Crippen molar-refractivity contribution in [2.24, 2.45) is 0 Å². The molecule has 0 fully saturated rings. The molecule has 1 heterocycles. The molecule has 0 radical (unpaired) electrons. The first kappa shape index (κ1) is 15.9. The van der Waals surface area contributed by atoms with Gasteiger partial charge >= 0.3 is 12.3 Å². The Morgan fingerprint density at radius 3 is 2.37 bits per heavy atom. The SMILES string of the molecule is CC(C)(C)NCCCc1nnc(C(F)(F)C(F)F)o1. The van der Waals surface area contributed by atoms with Crippen LogP contribution in [0, 0.1) is 0 Å². The van der Waals surface area contributed by atoms with E-state index in [0.717, 1.165) is 0 Å². The monoisotopic (exact) mass is 283 g/mol. The summed E-state index contributed by atoms with van der Waals surface area (Å²) in [5, 5.41) is 9.50. The molecule has 0 aliphatic rings. The summed E-state index contributed by atoms with van der Waals surface area (Å²) in [7, 11) is 0. The summed E-state index contributed by atoms with van der Waals surface area (Å²) >= 11 is 0. The minimum atomic E-state index is -4.39. The second-order valence-corrected chi connectivity index (χ2v) is 5.20. The highest BCUT2D eigenvalue weighted by atomic mass is 19.3. The second kappa shape index (κ2) is 5.85. The Hall–Kier alpha value is -1.18. The number of nitrogens with zero attached hydrogens (tertiary/aromatic N) is 2. The third-order valence-electron chi connectivity index (χ3n) is 2.25. The van der Waals surface area contributed by atoms with Crippen LogP contribution in [0.25, 0.3) is 0 Å². The van der Waals surface area contributed by atoms with Gasteiger partial charge in [0.1, 0.15) is 0 Å². The topological polar surface area (TPSA) is 51.0 Å². The van der Waals surface area contributed by atoms with Crippen molar-refractivity contribution in [1.29, 1.82) is 0 Å². The number of alkyl halides is 4. The zero-order chi connectivity index (χ0) is 14.7. The number of aromatic nitrogens is 2. The van der Waals surface area contributed by atoms with Crippen molar-refractivity contribution in [1.82, 2.24) is 15.5 Å². The van der Waals surface area contributed by atoms with Gasteiger partial charge in [-0.1, -0.05) is 0 Å². The fourth-order valence-corrected chi connectivity index (χ4v) is 1.29. The number of hydrogen-bond acceptors (Lipinski definition) is 4. The Morgan fingerprint density at radius 2 is 1.84 bits per heavy atom. The van der Waals surface area contributed by atoms with Gasteiger partial charge in [0.15, 0.2) is 0 Å². The molecule has 0 aromatic carbocycles. The molecule has 19 heavy (non-hydrogen) atoms. The summed E-state index contributed by atoms with van der Waals surface area (Å²) in [6.45, 7) is 6.59. The molecule has 110 valence electrons. The molecular weight excluding hydrogens is 266 g/mol. The van der Waals surface area contributed by atoms with Crippen LogP contribution >= 0.6 is 0 Å². The maximum absolute atomic E-state index is 12.9. The van der Waals surface area contributed by atoms with Crippen LogP contribution in [0.4, 0.5) is 17.6 Å². The van der Waals surface area contributed by atoms with Gasteiger partial charge in [-0.3, -0.25) is 0 Å². The highest BCUT2D eigenvalue weighted by Gasteiger charge is 2.48. The lowest BCUT2D eigenvalue weighted by Gasteiger charge is -2.19. The Morgan fingerprint density at radius 1 is 1.21 bits per heavy atom. The average Bonchev–Trinajstić information content (AvgIpc) is 2.72. The molecule has 0 spiro atoms. The minimum absolute atomic E-state index is 0.0529. The molecule has 1 N–H and O–H groups in total. The van der Waals surface area contributed by atoms with Crippen LogP contribution in [0.1, 0.15) is 39.0 Å². The first-order chi connectivity index (χ1) is 8.63. The molecule has 1 aromatic heterocycles. The Bertz CT molecular complexity index is 401. The number of aryl methyl sites for hydroxylation is 1. The third-order valence-corrected chi connectivity index (χ3v) is 2.25. The van der Waals surface area contributed by atoms with Crippen molar-refractivity contribution < 1.29 is 22.0 Å². The Kier molecular flexibility index (Phi) is 4.89. The van der Waals surface area contributed by atoms with E-state index in [1.807, 2.05) is 20.8 Å². The average molecular weight is 283 g/mol. The molecule has 0 saturated carbocycles. The zero-order valence-electron chi connectivity index (χ0n) is 11.0. The van der Waals surface area contributed by atoms with E-state index in [1.54, 1.807) is 0 Å². The van der Waals surface area contributed by atoms with Gasteiger partial charge in [0, 0.05) is 12.0 Å². The van der Waals surface area contributed by atoms with Crippen molar-refractivity contribution in [3.05, 3.63) is 11.8 Å². The van der Waals surface area contributed by atoms with Gasteiger partial charge in [-0.2, -0.15) is 8.78 Å². The summed E-state index contributed by atoms with van der Waals surface area (Å²) in [4.78, 5) is 0. The van der Waals surface area contributed by atoms with E-state index in [2.05, 4.69) is 19.9 Å². The molecule has 1 rings (SSSR count). The first-order valence-corrected chi connectivity index (χ1v) is 5.87. The highest BCUT2D eigenvalue weighted by molar-refractivity contribution is 4.93. The second-order valence-electron chi connectivity index (χ2n) is 5.20. The molecule has 0 aliphatic carbocycles. The van der Waals surface area contributed by atoms with Gasteiger partial charge < -0.3 is 9.73 Å². The van der Waals surface area contributed by atoms with Crippen LogP contribution in [-0.2, 0) is 12.3 Å². The van der Waals surface area contributed by atoms with Gasteiger partial charge in [0.05, 0.1) is 0 Å². The van der Waals surface area contributed by atoms with Crippen LogP contribution in [0.15, 0.2) is 4.42 Å². The fraction of sp³-hybridized carbons (Fsp3) is 0.818. The minimum Gasteiger partial charge on any atom is -0.419 e. The van der Waals surface area contributed by atoms with Gasteiger partial charge in [0.2, 0.25) is 5.89 Å². The summed E-state index contributed by atoms with van der Waals surface area (Å²) in [6, 6.07) is 0. The van der Waals surface area contributed by atoms with Crippen LogP contribution < -0.4 is 5.32 Å². The van der Waals surface area contributed by atoms with E-state index < -0.39 is 18.2 Å². The van der Waals surface area contributed by atoms with Crippen molar-refractivity contribution in [2.45, 2.75) is 51.5 Å². The van der Waals surface area contributed by atoms with Crippen LogP contribution in [-0.4, -0.2) is 28.7 Å².